The number of ether oxygens (including phenoxy) is 2. The minimum absolute atomic E-state index is 0.160. The summed E-state index contributed by atoms with van der Waals surface area (Å²) in [6, 6.07) is 2.73. The zero-order valence-corrected chi connectivity index (χ0v) is 12.2. The molecule has 0 aliphatic heterocycles. The molecule has 0 heterocycles. The lowest BCUT2D eigenvalue weighted by molar-refractivity contribution is -0.385. The van der Waals surface area contributed by atoms with Crippen molar-refractivity contribution in [2.45, 2.75) is 13.3 Å². The van der Waals surface area contributed by atoms with Crippen LogP contribution in [-0.4, -0.2) is 31.6 Å². The average Bonchev–Trinajstić information content (AvgIpc) is 2.49. The zero-order valence-electron chi connectivity index (χ0n) is 12.2. The molecule has 0 aliphatic carbocycles. The number of carbonyl (C=O) groups excluding carboxylic acids is 1. The maximum absolute atomic E-state index is 11.5. The van der Waals surface area contributed by atoms with Crippen LogP contribution in [-0.2, 0) is 4.79 Å². The van der Waals surface area contributed by atoms with Crippen LogP contribution in [0.2, 0.25) is 0 Å². The molecule has 21 heavy (non-hydrogen) atoms. The normalized spacial score (nSPS) is 10.4. The molecular weight excluding hydrogens is 276 g/mol. The SMILES string of the molecule is CCCNC(=O)/C=C/c1cc(OC)c(OC)cc1[N+](=O)[O-]. The Balaban J connectivity index is 3.12. The highest BCUT2D eigenvalue weighted by atomic mass is 16.6. The number of rotatable bonds is 7. The summed E-state index contributed by atoms with van der Waals surface area (Å²) in [6.07, 6.45) is 3.45. The minimum atomic E-state index is -0.536. The minimum Gasteiger partial charge on any atom is -0.493 e. The van der Waals surface area contributed by atoms with Crippen molar-refractivity contribution in [2.24, 2.45) is 0 Å². The van der Waals surface area contributed by atoms with Gasteiger partial charge in [0.15, 0.2) is 11.5 Å². The number of nitro groups is 1. The Morgan fingerprint density at radius 1 is 1.33 bits per heavy atom. The van der Waals surface area contributed by atoms with Crippen molar-refractivity contribution in [3.63, 3.8) is 0 Å². The first-order chi connectivity index (χ1) is 10.0. The number of nitrogens with zero attached hydrogens (tertiary/aromatic N) is 1. The molecule has 0 radical (unpaired) electrons. The van der Waals surface area contributed by atoms with Gasteiger partial charge in [-0.1, -0.05) is 6.92 Å². The Bertz CT molecular complexity index is 555. The summed E-state index contributed by atoms with van der Waals surface area (Å²) in [5.41, 5.74) is 0.108. The smallest absolute Gasteiger partial charge is 0.280 e. The van der Waals surface area contributed by atoms with E-state index in [-0.39, 0.29) is 22.9 Å². The molecular formula is C14H18N2O5. The van der Waals surface area contributed by atoms with E-state index in [1.165, 1.54) is 38.5 Å². The van der Waals surface area contributed by atoms with Crippen LogP contribution in [0.15, 0.2) is 18.2 Å². The largest absolute Gasteiger partial charge is 0.493 e. The van der Waals surface area contributed by atoms with E-state index in [1.54, 1.807) is 0 Å². The van der Waals surface area contributed by atoms with E-state index in [0.29, 0.717) is 12.3 Å². The zero-order chi connectivity index (χ0) is 15.8. The molecule has 0 bridgehead atoms. The fraction of sp³-hybridized carbons (Fsp3) is 0.357. The molecule has 1 rings (SSSR count). The molecule has 0 fully saturated rings. The van der Waals surface area contributed by atoms with Crippen LogP contribution in [0.4, 0.5) is 5.69 Å². The van der Waals surface area contributed by atoms with Crippen LogP contribution < -0.4 is 14.8 Å². The highest BCUT2D eigenvalue weighted by Crippen LogP contribution is 2.35. The van der Waals surface area contributed by atoms with Gasteiger partial charge in [-0.2, -0.15) is 0 Å². The van der Waals surface area contributed by atoms with Gasteiger partial charge < -0.3 is 14.8 Å². The molecule has 0 unspecified atom stereocenters. The summed E-state index contributed by atoms with van der Waals surface area (Å²) in [7, 11) is 2.83. The third-order valence-electron chi connectivity index (χ3n) is 2.69. The van der Waals surface area contributed by atoms with E-state index in [1.807, 2.05) is 6.92 Å². The molecule has 114 valence electrons. The lowest BCUT2D eigenvalue weighted by Gasteiger charge is -2.08. The monoisotopic (exact) mass is 294 g/mol. The maximum Gasteiger partial charge on any atom is 0.280 e. The van der Waals surface area contributed by atoms with E-state index in [9.17, 15) is 14.9 Å². The van der Waals surface area contributed by atoms with Gasteiger partial charge in [-0.05, 0) is 18.6 Å². The first-order valence-corrected chi connectivity index (χ1v) is 6.39. The van der Waals surface area contributed by atoms with Crippen molar-refractivity contribution in [3.05, 3.63) is 33.9 Å². The Morgan fingerprint density at radius 2 is 1.95 bits per heavy atom. The average molecular weight is 294 g/mol. The van der Waals surface area contributed by atoms with Crippen LogP contribution in [0.3, 0.4) is 0 Å². The Hall–Kier alpha value is -2.57. The van der Waals surface area contributed by atoms with Crippen LogP contribution >= 0.6 is 0 Å². The number of hydrogen-bond donors (Lipinski definition) is 1. The fourth-order valence-electron chi connectivity index (χ4n) is 1.65. The first-order valence-electron chi connectivity index (χ1n) is 6.39. The van der Waals surface area contributed by atoms with Crippen molar-refractivity contribution < 1.29 is 19.2 Å². The molecule has 1 aromatic rings. The van der Waals surface area contributed by atoms with Crippen LogP contribution in [0.1, 0.15) is 18.9 Å². The first kappa shape index (κ1) is 16.5. The molecule has 0 aliphatic rings. The summed E-state index contributed by atoms with van der Waals surface area (Å²) < 4.78 is 10.1. The van der Waals surface area contributed by atoms with Crippen molar-refractivity contribution in [1.29, 1.82) is 0 Å². The predicted octanol–water partition coefficient (Wildman–Crippen LogP) is 2.15. The molecule has 0 atom stereocenters. The quantitative estimate of drug-likeness (QED) is 0.472. The van der Waals surface area contributed by atoms with Crippen molar-refractivity contribution in [1.82, 2.24) is 5.32 Å². The van der Waals surface area contributed by atoms with Gasteiger partial charge >= 0.3 is 0 Å². The predicted molar refractivity (Wildman–Crippen MR) is 78.5 cm³/mol. The highest BCUT2D eigenvalue weighted by Gasteiger charge is 2.17. The number of amides is 1. The van der Waals surface area contributed by atoms with Gasteiger partial charge in [0.1, 0.15) is 0 Å². The molecule has 0 aromatic heterocycles. The number of nitrogens with one attached hydrogen (secondary N) is 1. The van der Waals surface area contributed by atoms with Crippen molar-refractivity contribution in [2.75, 3.05) is 20.8 Å². The molecule has 1 amide bonds. The second-order valence-corrected chi connectivity index (χ2v) is 4.15. The van der Waals surface area contributed by atoms with Crippen molar-refractivity contribution in [3.8, 4) is 11.5 Å². The standard InChI is InChI=1S/C14H18N2O5/c1-4-7-15-14(17)6-5-10-8-12(20-2)13(21-3)9-11(10)16(18)19/h5-6,8-9H,4,7H2,1-3H3,(H,15,17)/b6-5+. The number of nitro benzene ring substituents is 1. The lowest BCUT2D eigenvalue weighted by atomic mass is 10.1. The van der Waals surface area contributed by atoms with Gasteiger partial charge in [0.2, 0.25) is 5.91 Å². The van der Waals surface area contributed by atoms with E-state index in [0.717, 1.165) is 6.42 Å². The maximum atomic E-state index is 11.5. The molecule has 0 saturated carbocycles. The summed E-state index contributed by atoms with van der Waals surface area (Å²) >= 11 is 0. The molecule has 0 spiro atoms. The van der Waals surface area contributed by atoms with Gasteiger partial charge in [0, 0.05) is 12.6 Å². The Kier molecular flexibility index (Phi) is 6.19. The van der Waals surface area contributed by atoms with E-state index < -0.39 is 4.92 Å². The number of hydrogen-bond acceptors (Lipinski definition) is 5. The van der Waals surface area contributed by atoms with Crippen LogP contribution in [0.5, 0.6) is 11.5 Å². The van der Waals surface area contributed by atoms with Gasteiger partial charge in [-0.25, -0.2) is 0 Å². The summed E-state index contributed by atoms with van der Waals surface area (Å²) in [5, 5.41) is 13.7. The van der Waals surface area contributed by atoms with Gasteiger partial charge in [-0.3, -0.25) is 14.9 Å². The summed E-state index contributed by atoms with van der Waals surface area (Å²) in [5.74, 6) is 0.314. The Labute approximate surface area is 122 Å². The van der Waals surface area contributed by atoms with Gasteiger partial charge in [0.05, 0.1) is 30.8 Å². The van der Waals surface area contributed by atoms with E-state index in [4.69, 9.17) is 9.47 Å². The topological polar surface area (TPSA) is 90.7 Å². The Morgan fingerprint density at radius 3 is 2.48 bits per heavy atom. The molecule has 1 aromatic carbocycles. The third-order valence-corrected chi connectivity index (χ3v) is 2.69. The second kappa shape index (κ2) is 7.88. The van der Waals surface area contributed by atoms with Crippen LogP contribution in [0, 0.1) is 10.1 Å². The fourth-order valence-corrected chi connectivity index (χ4v) is 1.65. The summed E-state index contributed by atoms with van der Waals surface area (Å²) in [6.45, 7) is 2.49. The number of carbonyl (C=O) groups is 1. The second-order valence-electron chi connectivity index (χ2n) is 4.15. The summed E-state index contributed by atoms with van der Waals surface area (Å²) in [4.78, 5) is 22.1. The lowest BCUT2D eigenvalue weighted by Crippen LogP contribution is -2.21. The third kappa shape index (κ3) is 4.48. The molecule has 7 nitrogen and oxygen atoms in total. The molecule has 1 N–H and O–H groups in total. The van der Waals surface area contributed by atoms with E-state index >= 15 is 0 Å². The highest BCUT2D eigenvalue weighted by molar-refractivity contribution is 5.92. The van der Waals surface area contributed by atoms with Crippen LogP contribution in [0.25, 0.3) is 6.08 Å². The molecule has 7 heteroatoms. The number of methoxy groups -OCH3 is 2. The van der Waals surface area contributed by atoms with Gasteiger partial charge in [0.25, 0.3) is 5.69 Å². The van der Waals surface area contributed by atoms with Gasteiger partial charge in [-0.15, -0.1) is 0 Å². The van der Waals surface area contributed by atoms with Crippen molar-refractivity contribution >= 4 is 17.7 Å². The number of benzene rings is 1. The molecule has 0 saturated heterocycles. The van der Waals surface area contributed by atoms with E-state index in [2.05, 4.69) is 5.32 Å².